The molecular formula is C25H31ClN2O2. The third-order valence-corrected chi connectivity index (χ3v) is 6.86. The van der Waals surface area contributed by atoms with Crippen LogP contribution >= 0.6 is 11.6 Å². The van der Waals surface area contributed by atoms with Crippen LogP contribution in [-0.2, 0) is 4.79 Å². The first-order chi connectivity index (χ1) is 14.6. The first-order valence-corrected chi connectivity index (χ1v) is 11.5. The lowest BCUT2D eigenvalue weighted by Gasteiger charge is -2.35. The van der Waals surface area contributed by atoms with Crippen LogP contribution in [0.25, 0.3) is 0 Å². The summed E-state index contributed by atoms with van der Waals surface area (Å²) in [6, 6.07) is 16.6. The molecule has 5 heteroatoms. The van der Waals surface area contributed by atoms with Crippen LogP contribution in [-0.4, -0.2) is 36.0 Å². The molecule has 0 bridgehead atoms. The minimum atomic E-state index is -0.695. The second kappa shape index (κ2) is 9.40. The molecule has 4 rings (SSSR count). The van der Waals surface area contributed by atoms with E-state index in [1.807, 2.05) is 47.4 Å². The summed E-state index contributed by atoms with van der Waals surface area (Å²) < 4.78 is 6.08. The molecule has 0 saturated carbocycles. The van der Waals surface area contributed by atoms with Crippen LogP contribution in [0, 0.1) is 0 Å². The summed E-state index contributed by atoms with van der Waals surface area (Å²) in [5, 5.41) is 0.559. The van der Waals surface area contributed by atoms with Crippen LogP contribution in [0.2, 0.25) is 5.02 Å². The number of carbonyl (C=O) groups excluding carboxylic acids is 1. The van der Waals surface area contributed by atoms with Gasteiger partial charge in [0.15, 0.2) is 0 Å². The van der Waals surface area contributed by atoms with Gasteiger partial charge in [-0.25, -0.2) is 0 Å². The molecule has 2 aliphatic heterocycles. The lowest BCUT2D eigenvalue weighted by Crippen LogP contribution is -2.41. The van der Waals surface area contributed by atoms with Crippen LogP contribution < -0.4 is 9.64 Å². The zero-order valence-electron chi connectivity index (χ0n) is 17.9. The Morgan fingerprint density at radius 3 is 2.37 bits per heavy atom. The Hall–Kier alpha value is -2.04. The molecule has 1 fully saturated rings. The van der Waals surface area contributed by atoms with E-state index >= 15 is 0 Å². The first kappa shape index (κ1) is 21.2. The molecule has 0 aromatic heterocycles. The molecule has 3 atom stereocenters. The maximum atomic E-state index is 13.3. The Morgan fingerprint density at radius 1 is 0.933 bits per heavy atom. The van der Waals surface area contributed by atoms with Gasteiger partial charge in [-0.15, -0.1) is 0 Å². The highest BCUT2D eigenvalue weighted by atomic mass is 35.5. The number of anilines is 1. The Kier molecular flexibility index (Phi) is 6.64. The van der Waals surface area contributed by atoms with Crippen LogP contribution in [0.15, 0.2) is 48.5 Å². The van der Waals surface area contributed by atoms with Gasteiger partial charge in [-0.1, -0.05) is 48.4 Å². The predicted octanol–water partition coefficient (Wildman–Crippen LogP) is 5.85. The molecule has 1 amide bonds. The summed E-state index contributed by atoms with van der Waals surface area (Å²) in [7, 11) is 0. The molecule has 2 aliphatic rings. The van der Waals surface area contributed by atoms with Crippen molar-refractivity contribution in [2.75, 3.05) is 18.0 Å². The highest BCUT2D eigenvalue weighted by Gasteiger charge is 2.36. The molecule has 0 spiro atoms. The average Bonchev–Trinajstić information content (AvgIpc) is 3.07. The third-order valence-electron chi connectivity index (χ3n) is 6.51. The number of ether oxygens (including phenoxy) is 1. The molecule has 0 N–H and O–H groups in total. The summed E-state index contributed by atoms with van der Waals surface area (Å²) in [6.07, 6.45) is 5.18. The van der Waals surface area contributed by atoms with Gasteiger partial charge in [0, 0.05) is 29.2 Å². The minimum Gasteiger partial charge on any atom is -0.474 e. The number of hydrogen-bond donors (Lipinski definition) is 0. The number of likely N-dealkylation sites (tertiary alicyclic amines) is 1. The minimum absolute atomic E-state index is 0.0383. The Morgan fingerprint density at radius 2 is 1.60 bits per heavy atom. The molecule has 0 radical (unpaired) electrons. The number of unbranched alkanes of at least 4 members (excludes halogenated alkanes) is 2. The first-order valence-electron chi connectivity index (χ1n) is 11.1. The van der Waals surface area contributed by atoms with Crippen LogP contribution in [0.3, 0.4) is 0 Å². The van der Waals surface area contributed by atoms with Gasteiger partial charge < -0.3 is 9.64 Å². The van der Waals surface area contributed by atoms with Crippen molar-refractivity contribution in [3.8, 4) is 5.75 Å². The highest BCUT2D eigenvalue weighted by Crippen LogP contribution is 2.40. The lowest BCUT2D eigenvalue weighted by molar-refractivity contribution is -0.126. The van der Waals surface area contributed by atoms with Crippen molar-refractivity contribution in [3.63, 3.8) is 0 Å². The molecule has 4 nitrogen and oxygen atoms in total. The number of carbonyl (C=O) groups is 1. The van der Waals surface area contributed by atoms with Crippen molar-refractivity contribution < 1.29 is 9.53 Å². The van der Waals surface area contributed by atoms with Gasteiger partial charge in [-0.2, -0.15) is 0 Å². The molecular weight excluding hydrogens is 396 g/mol. The molecule has 3 unspecified atom stereocenters. The van der Waals surface area contributed by atoms with Crippen LogP contribution in [0.5, 0.6) is 5.75 Å². The van der Waals surface area contributed by atoms with Crippen molar-refractivity contribution in [3.05, 3.63) is 59.1 Å². The molecule has 30 heavy (non-hydrogen) atoms. The number of amides is 1. The lowest BCUT2D eigenvalue weighted by atomic mass is 10.0. The standard InChI is InChI=1S/C25H31ClN2O2/c1-18-14-15-19(2)27(18)16-8-3-9-17-28-22-12-6-7-13-23(22)30-24(25(28)29)20-10-4-5-11-21(20)26/h4-7,10-13,18-19,24H,3,8-9,14-17H2,1-2H3. The molecule has 160 valence electrons. The summed E-state index contributed by atoms with van der Waals surface area (Å²) in [6.45, 7) is 6.52. The van der Waals surface area contributed by atoms with Crippen LogP contribution in [0.4, 0.5) is 5.69 Å². The number of para-hydroxylation sites is 2. The third kappa shape index (κ3) is 4.35. The van der Waals surface area contributed by atoms with Crippen molar-refractivity contribution in [2.24, 2.45) is 0 Å². The summed E-state index contributed by atoms with van der Waals surface area (Å²) in [5.41, 5.74) is 1.58. The van der Waals surface area contributed by atoms with Gasteiger partial charge >= 0.3 is 0 Å². The van der Waals surface area contributed by atoms with Crippen LogP contribution in [0.1, 0.15) is 57.6 Å². The largest absolute Gasteiger partial charge is 0.474 e. The van der Waals surface area contributed by atoms with E-state index in [2.05, 4.69) is 18.7 Å². The fourth-order valence-corrected chi connectivity index (χ4v) is 5.00. The molecule has 1 saturated heterocycles. The number of nitrogens with zero attached hydrogens (tertiary/aromatic N) is 2. The quantitative estimate of drug-likeness (QED) is 0.520. The molecule has 0 aliphatic carbocycles. The Bertz CT molecular complexity index is 877. The SMILES string of the molecule is CC1CCC(C)N1CCCCCN1C(=O)C(c2ccccc2Cl)Oc2ccccc21. The zero-order chi connectivity index (χ0) is 21.1. The fraction of sp³-hybridized carbons (Fsp3) is 0.480. The number of rotatable bonds is 7. The van der Waals surface area contributed by atoms with Gasteiger partial charge in [0.25, 0.3) is 5.91 Å². The highest BCUT2D eigenvalue weighted by molar-refractivity contribution is 6.31. The van der Waals surface area contributed by atoms with E-state index in [1.165, 1.54) is 19.3 Å². The fourth-order valence-electron chi connectivity index (χ4n) is 4.76. The van der Waals surface area contributed by atoms with Crippen molar-refractivity contribution in [1.82, 2.24) is 4.90 Å². The number of benzene rings is 2. The normalized spacial score (nSPS) is 24.0. The van der Waals surface area contributed by atoms with Crippen molar-refractivity contribution in [1.29, 1.82) is 0 Å². The summed E-state index contributed by atoms with van der Waals surface area (Å²) in [5.74, 6) is 0.699. The molecule has 2 aromatic rings. The van der Waals surface area contributed by atoms with E-state index in [4.69, 9.17) is 16.3 Å². The van der Waals surface area contributed by atoms with E-state index in [0.717, 1.165) is 36.4 Å². The monoisotopic (exact) mass is 426 g/mol. The maximum Gasteiger partial charge on any atom is 0.272 e. The van der Waals surface area contributed by atoms with Crippen molar-refractivity contribution >= 4 is 23.2 Å². The maximum absolute atomic E-state index is 13.3. The summed E-state index contributed by atoms with van der Waals surface area (Å²) >= 11 is 6.37. The zero-order valence-corrected chi connectivity index (χ0v) is 18.6. The Balaban J connectivity index is 1.41. The number of hydrogen-bond acceptors (Lipinski definition) is 3. The van der Waals surface area contributed by atoms with E-state index in [1.54, 1.807) is 6.07 Å². The van der Waals surface area contributed by atoms with Gasteiger partial charge in [0.2, 0.25) is 6.10 Å². The van der Waals surface area contributed by atoms with Gasteiger partial charge in [0.05, 0.1) is 5.69 Å². The van der Waals surface area contributed by atoms with Crippen molar-refractivity contribution in [2.45, 2.75) is 64.1 Å². The van der Waals surface area contributed by atoms with Gasteiger partial charge in [-0.3, -0.25) is 9.69 Å². The van der Waals surface area contributed by atoms with E-state index in [9.17, 15) is 4.79 Å². The molecule has 2 heterocycles. The Labute approximate surface area is 184 Å². The molecule has 2 aromatic carbocycles. The summed E-state index contributed by atoms with van der Waals surface area (Å²) in [4.78, 5) is 17.8. The number of fused-ring (bicyclic) bond motifs is 1. The second-order valence-corrected chi connectivity index (χ2v) is 8.96. The second-order valence-electron chi connectivity index (χ2n) is 8.55. The van der Waals surface area contributed by atoms with E-state index < -0.39 is 6.10 Å². The smallest absolute Gasteiger partial charge is 0.272 e. The predicted molar refractivity (Wildman–Crippen MR) is 122 cm³/mol. The van der Waals surface area contributed by atoms with E-state index in [-0.39, 0.29) is 5.91 Å². The number of halogens is 1. The van der Waals surface area contributed by atoms with Gasteiger partial charge in [0.1, 0.15) is 5.75 Å². The van der Waals surface area contributed by atoms with E-state index in [0.29, 0.717) is 23.7 Å². The van der Waals surface area contributed by atoms with Gasteiger partial charge in [-0.05, 0) is 64.3 Å². The topological polar surface area (TPSA) is 32.8 Å². The average molecular weight is 427 g/mol.